The van der Waals surface area contributed by atoms with Crippen LogP contribution in [0.3, 0.4) is 0 Å². The van der Waals surface area contributed by atoms with Crippen molar-refractivity contribution in [2.45, 2.75) is 0 Å². The number of aromatic nitrogens is 2. The summed E-state index contributed by atoms with van der Waals surface area (Å²) < 4.78 is 5.07. The second kappa shape index (κ2) is 4.30. The molecule has 0 aliphatic rings. The van der Waals surface area contributed by atoms with Crippen LogP contribution in [0.1, 0.15) is 0 Å². The molecular weight excluding hydrogens is 238 g/mol. The summed E-state index contributed by atoms with van der Waals surface area (Å²) in [6, 6.07) is 10.3. The molecule has 3 rings (SSSR count). The molecule has 0 bridgehead atoms. The third kappa shape index (κ3) is 1.82. The lowest BCUT2D eigenvalue weighted by molar-refractivity contribution is -0.401. The summed E-state index contributed by atoms with van der Waals surface area (Å²) in [4.78, 5) is 17.2. The Kier molecular flexibility index (Phi) is 2.82. The lowest BCUT2D eigenvalue weighted by atomic mass is 10.3. The molecule has 0 atom stereocenters. The van der Waals surface area contributed by atoms with Crippen molar-refractivity contribution in [3.8, 4) is 11.6 Å². The van der Waals surface area contributed by atoms with Gasteiger partial charge >= 0.3 is 5.88 Å². The molecule has 0 saturated heterocycles. The third-order valence-electron chi connectivity index (χ3n) is 2.39. The van der Waals surface area contributed by atoms with Crippen LogP contribution in [-0.4, -0.2) is 20.4 Å². The summed E-state index contributed by atoms with van der Waals surface area (Å²) in [6.07, 6.45) is 0. The van der Waals surface area contributed by atoms with Crippen molar-refractivity contribution in [2.75, 3.05) is 0 Å². The van der Waals surface area contributed by atoms with Crippen molar-refractivity contribution in [1.82, 2.24) is 9.97 Å². The molecule has 18 heavy (non-hydrogen) atoms. The summed E-state index contributed by atoms with van der Waals surface area (Å²) in [5.41, 5.74) is 1.66. The van der Waals surface area contributed by atoms with Gasteiger partial charge in [0.05, 0.1) is 17.1 Å². The number of H-pyrrole nitrogens is 1. The number of furan rings is 1. The molecule has 3 aromatic rings. The van der Waals surface area contributed by atoms with Crippen LogP contribution in [-0.2, 0) is 0 Å². The molecule has 0 amide bonds. The topological polar surface area (TPSA) is 116 Å². The zero-order valence-corrected chi connectivity index (χ0v) is 9.08. The highest BCUT2D eigenvalue weighted by Crippen LogP contribution is 2.25. The van der Waals surface area contributed by atoms with E-state index in [1.807, 2.05) is 24.3 Å². The van der Waals surface area contributed by atoms with Crippen LogP contribution in [0.2, 0.25) is 0 Å². The second-order valence-electron chi connectivity index (χ2n) is 3.50. The zero-order chi connectivity index (χ0) is 11.8. The number of nitrogens with zero attached hydrogens (tertiary/aromatic N) is 2. The summed E-state index contributed by atoms with van der Waals surface area (Å²) >= 11 is 0. The summed E-state index contributed by atoms with van der Waals surface area (Å²) in [7, 11) is 0. The maximum absolute atomic E-state index is 10.5. The van der Waals surface area contributed by atoms with Crippen LogP contribution >= 0.6 is 0 Å². The van der Waals surface area contributed by atoms with E-state index in [2.05, 4.69) is 9.97 Å². The Morgan fingerprint density at radius 1 is 1.22 bits per heavy atom. The van der Waals surface area contributed by atoms with E-state index in [-0.39, 0.29) is 11.4 Å². The summed E-state index contributed by atoms with van der Waals surface area (Å²) in [5, 5.41) is 10.5. The number of aromatic amines is 1. The van der Waals surface area contributed by atoms with E-state index >= 15 is 0 Å². The minimum absolute atomic E-state index is 0. The fourth-order valence-electron chi connectivity index (χ4n) is 1.62. The standard InChI is InChI=1S/C11H7N3O3.H2O/c15-14(16)10-6-5-9(17-10)11-12-7-3-1-2-4-8(7)13-11;/h1-6H,(H,12,13);1H2. The van der Waals surface area contributed by atoms with Crippen LogP contribution < -0.4 is 0 Å². The first kappa shape index (κ1) is 11.8. The van der Waals surface area contributed by atoms with E-state index in [4.69, 9.17) is 4.42 Å². The molecular formula is C11H9N3O4. The van der Waals surface area contributed by atoms with Crippen LogP contribution in [0.4, 0.5) is 5.88 Å². The Hall–Kier alpha value is -2.67. The van der Waals surface area contributed by atoms with Crippen molar-refractivity contribution in [2.24, 2.45) is 0 Å². The predicted octanol–water partition coefficient (Wildman–Crippen LogP) is 1.91. The fourth-order valence-corrected chi connectivity index (χ4v) is 1.62. The van der Waals surface area contributed by atoms with Gasteiger partial charge in [-0.15, -0.1) is 0 Å². The van der Waals surface area contributed by atoms with Crippen LogP contribution in [0.25, 0.3) is 22.6 Å². The smallest absolute Gasteiger partial charge is 0.412 e. The molecule has 2 heterocycles. The molecule has 3 N–H and O–H groups in total. The van der Waals surface area contributed by atoms with Gasteiger partial charge in [-0.1, -0.05) is 12.1 Å². The normalized spacial score (nSPS) is 10.2. The molecule has 7 nitrogen and oxygen atoms in total. The van der Waals surface area contributed by atoms with Crippen LogP contribution in [0.5, 0.6) is 0 Å². The van der Waals surface area contributed by atoms with Crippen molar-refractivity contribution >= 4 is 16.9 Å². The van der Waals surface area contributed by atoms with Gasteiger partial charge in [-0.2, -0.15) is 0 Å². The minimum Gasteiger partial charge on any atom is -0.412 e. The average Bonchev–Trinajstić information content (AvgIpc) is 2.95. The highest BCUT2D eigenvalue weighted by molar-refractivity contribution is 5.78. The van der Waals surface area contributed by atoms with E-state index in [0.717, 1.165) is 11.0 Å². The monoisotopic (exact) mass is 247 g/mol. The predicted molar refractivity (Wildman–Crippen MR) is 64.1 cm³/mol. The molecule has 0 aliphatic heterocycles. The number of hydrogen-bond donors (Lipinski definition) is 1. The summed E-state index contributed by atoms with van der Waals surface area (Å²) in [5.74, 6) is 0.549. The van der Waals surface area contributed by atoms with Gasteiger partial charge in [0.25, 0.3) is 0 Å². The van der Waals surface area contributed by atoms with E-state index < -0.39 is 4.92 Å². The van der Waals surface area contributed by atoms with Gasteiger partial charge in [0, 0.05) is 0 Å². The maximum Gasteiger partial charge on any atom is 0.433 e. The number of benzene rings is 1. The van der Waals surface area contributed by atoms with Gasteiger partial charge in [0.15, 0.2) is 11.6 Å². The van der Waals surface area contributed by atoms with Gasteiger partial charge in [0.1, 0.15) is 4.92 Å². The first-order valence-corrected chi connectivity index (χ1v) is 4.93. The Balaban J connectivity index is 0.00000120. The van der Waals surface area contributed by atoms with Crippen molar-refractivity contribution in [3.63, 3.8) is 0 Å². The molecule has 2 aromatic heterocycles. The number of para-hydroxylation sites is 2. The minimum atomic E-state index is -0.577. The molecule has 0 unspecified atom stereocenters. The molecule has 0 radical (unpaired) electrons. The number of rotatable bonds is 2. The van der Waals surface area contributed by atoms with E-state index in [1.165, 1.54) is 12.1 Å². The van der Waals surface area contributed by atoms with Crippen molar-refractivity contribution < 1.29 is 14.8 Å². The van der Waals surface area contributed by atoms with Gasteiger partial charge in [-0.25, -0.2) is 4.98 Å². The highest BCUT2D eigenvalue weighted by Gasteiger charge is 2.15. The number of nitrogens with one attached hydrogen (secondary N) is 1. The zero-order valence-electron chi connectivity index (χ0n) is 9.08. The Morgan fingerprint density at radius 3 is 2.67 bits per heavy atom. The van der Waals surface area contributed by atoms with Crippen molar-refractivity contribution in [1.29, 1.82) is 0 Å². The first-order chi connectivity index (χ1) is 8.24. The second-order valence-corrected chi connectivity index (χ2v) is 3.50. The van der Waals surface area contributed by atoms with Crippen LogP contribution in [0, 0.1) is 10.1 Å². The average molecular weight is 247 g/mol. The van der Waals surface area contributed by atoms with E-state index in [9.17, 15) is 10.1 Å². The Labute approximate surface area is 101 Å². The Morgan fingerprint density at radius 2 is 2.00 bits per heavy atom. The highest BCUT2D eigenvalue weighted by atomic mass is 16.6. The van der Waals surface area contributed by atoms with Gasteiger partial charge < -0.3 is 14.9 Å². The molecule has 0 aliphatic carbocycles. The molecule has 7 heteroatoms. The SMILES string of the molecule is O.O=[N+]([O-])c1ccc(-c2nc3ccccc3[nH]2)o1. The molecule has 0 saturated carbocycles. The largest absolute Gasteiger partial charge is 0.433 e. The Bertz CT molecular complexity index is 668. The maximum atomic E-state index is 10.5. The van der Waals surface area contributed by atoms with E-state index in [1.54, 1.807) is 0 Å². The van der Waals surface area contributed by atoms with Crippen molar-refractivity contribution in [3.05, 3.63) is 46.5 Å². The molecule has 1 aromatic carbocycles. The molecule has 92 valence electrons. The molecule has 0 fully saturated rings. The van der Waals surface area contributed by atoms with Gasteiger partial charge in [-0.3, -0.25) is 10.1 Å². The fraction of sp³-hybridized carbons (Fsp3) is 0. The van der Waals surface area contributed by atoms with Gasteiger partial charge in [0.2, 0.25) is 0 Å². The number of imidazole rings is 1. The molecule has 0 spiro atoms. The quantitative estimate of drug-likeness (QED) is 0.549. The first-order valence-electron chi connectivity index (χ1n) is 4.93. The lowest BCUT2D eigenvalue weighted by Gasteiger charge is -1.87. The van der Waals surface area contributed by atoms with Crippen LogP contribution in [0.15, 0.2) is 40.8 Å². The third-order valence-corrected chi connectivity index (χ3v) is 2.39. The number of hydrogen-bond acceptors (Lipinski definition) is 4. The van der Waals surface area contributed by atoms with E-state index in [0.29, 0.717) is 11.6 Å². The lowest BCUT2D eigenvalue weighted by Crippen LogP contribution is -1.83. The number of nitro groups is 1. The summed E-state index contributed by atoms with van der Waals surface area (Å²) in [6.45, 7) is 0. The number of fused-ring (bicyclic) bond motifs is 1. The van der Waals surface area contributed by atoms with Gasteiger partial charge in [-0.05, 0) is 18.2 Å².